The molecule has 0 radical (unpaired) electrons. The van der Waals surface area contributed by atoms with Crippen LogP contribution in [0.15, 0.2) is 43.1 Å². The van der Waals surface area contributed by atoms with Crippen molar-refractivity contribution < 1.29 is 0 Å². The van der Waals surface area contributed by atoms with Crippen molar-refractivity contribution >= 4 is 0 Å². The van der Waals surface area contributed by atoms with Gasteiger partial charge in [-0.3, -0.25) is 4.68 Å². The first-order chi connectivity index (χ1) is 11.6. The van der Waals surface area contributed by atoms with E-state index in [1.54, 1.807) is 12.7 Å². The van der Waals surface area contributed by atoms with Crippen LogP contribution in [0.1, 0.15) is 42.1 Å². The van der Waals surface area contributed by atoms with Gasteiger partial charge >= 0.3 is 0 Å². The number of rotatable bonds is 7. The summed E-state index contributed by atoms with van der Waals surface area (Å²) in [6.45, 7) is 6.79. The summed E-state index contributed by atoms with van der Waals surface area (Å²) >= 11 is 0. The first-order valence-corrected chi connectivity index (χ1v) is 8.25. The summed E-state index contributed by atoms with van der Waals surface area (Å²) in [7, 11) is 1.98. The minimum atomic E-state index is 0.444. The molecule has 0 saturated heterocycles. The van der Waals surface area contributed by atoms with Gasteiger partial charge in [-0.2, -0.15) is 10.2 Å². The van der Waals surface area contributed by atoms with Gasteiger partial charge in [-0.1, -0.05) is 38.1 Å². The van der Waals surface area contributed by atoms with E-state index in [1.807, 2.05) is 16.4 Å². The summed E-state index contributed by atoms with van der Waals surface area (Å²) < 4.78 is 3.72. The second-order valence-corrected chi connectivity index (χ2v) is 6.38. The predicted molar refractivity (Wildman–Crippen MR) is 93.4 cm³/mol. The van der Waals surface area contributed by atoms with Gasteiger partial charge < -0.3 is 5.32 Å². The van der Waals surface area contributed by atoms with E-state index in [0.29, 0.717) is 5.92 Å². The lowest BCUT2D eigenvalue weighted by molar-refractivity contribution is 0.674. The van der Waals surface area contributed by atoms with E-state index in [-0.39, 0.29) is 0 Å². The van der Waals surface area contributed by atoms with E-state index >= 15 is 0 Å². The maximum absolute atomic E-state index is 4.55. The predicted octanol–water partition coefficient (Wildman–Crippen LogP) is 2.47. The Kier molecular flexibility index (Phi) is 5.05. The molecule has 0 fully saturated rings. The Morgan fingerprint density at radius 3 is 2.50 bits per heavy atom. The molecule has 0 unspecified atom stereocenters. The van der Waals surface area contributed by atoms with Crippen molar-refractivity contribution in [1.29, 1.82) is 0 Å². The lowest BCUT2D eigenvalue weighted by Crippen LogP contribution is -2.13. The zero-order valence-corrected chi connectivity index (χ0v) is 14.5. The van der Waals surface area contributed by atoms with Gasteiger partial charge in [-0.25, -0.2) is 9.67 Å². The molecule has 24 heavy (non-hydrogen) atoms. The second kappa shape index (κ2) is 7.40. The maximum atomic E-state index is 4.55. The number of hydrogen-bond donors (Lipinski definition) is 1. The molecule has 3 rings (SSSR count). The van der Waals surface area contributed by atoms with Crippen LogP contribution in [-0.4, -0.2) is 24.5 Å². The molecule has 0 saturated carbocycles. The molecule has 0 amide bonds. The third kappa shape index (κ3) is 4.08. The highest BCUT2D eigenvalue weighted by Gasteiger charge is 2.10. The summed E-state index contributed by atoms with van der Waals surface area (Å²) in [5.74, 6) is 0.444. The standard InChI is InChI=1S/C18H24N6/c1-14(2)18-17(11-23(3)22-18)9-19-8-15-4-6-16(7-5-15)10-24-13-20-12-21-24/h4-7,11-14,19H,8-10H2,1-3H3. The first kappa shape index (κ1) is 16.4. The summed E-state index contributed by atoms with van der Waals surface area (Å²) in [5, 5.41) is 12.2. The zero-order valence-electron chi connectivity index (χ0n) is 14.5. The molecular weight excluding hydrogens is 300 g/mol. The largest absolute Gasteiger partial charge is 0.308 e. The van der Waals surface area contributed by atoms with Crippen LogP contribution in [0.25, 0.3) is 0 Å². The van der Waals surface area contributed by atoms with Crippen molar-refractivity contribution in [3.8, 4) is 0 Å². The van der Waals surface area contributed by atoms with Crippen molar-refractivity contribution in [3.63, 3.8) is 0 Å². The molecule has 0 spiro atoms. The number of nitrogens with one attached hydrogen (secondary N) is 1. The van der Waals surface area contributed by atoms with Gasteiger partial charge in [0.2, 0.25) is 0 Å². The fraction of sp³-hybridized carbons (Fsp3) is 0.389. The molecule has 0 atom stereocenters. The summed E-state index contributed by atoms with van der Waals surface area (Å²) in [5.41, 5.74) is 4.94. The Morgan fingerprint density at radius 1 is 1.08 bits per heavy atom. The van der Waals surface area contributed by atoms with Gasteiger partial charge in [0.25, 0.3) is 0 Å². The van der Waals surface area contributed by atoms with Gasteiger partial charge in [0, 0.05) is 31.9 Å². The zero-order chi connectivity index (χ0) is 16.9. The second-order valence-electron chi connectivity index (χ2n) is 6.38. The highest BCUT2D eigenvalue weighted by atomic mass is 15.3. The van der Waals surface area contributed by atoms with Crippen LogP contribution in [0.2, 0.25) is 0 Å². The minimum Gasteiger partial charge on any atom is -0.308 e. The fourth-order valence-electron chi connectivity index (χ4n) is 2.78. The van der Waals surface area contributed by atoms with Gasteiger partial charge in [0.15, 0.2) is 0 Å². The minimum absolute atomic E-state index is 0.444. The van der Waals surface area contributed by atoms with Gasteiger partial charge in [0.1, 0.15) is 12.7 Å². The molecular formula is C18H24N6. The molecule has 2 heterocycles. The van der Waals surface area contributed by atoms with E-state index in [0.717, 1.165) is 19.6 Å². The molecule has 6 heteroatoms. The molecule has 0 bridgehead atoms. The Balaban J connectivity index is 1.53. The van der Waals surface area contributed by atoms with Gasteiger partial charge in [-0.15, -0.1) is 0 Å². The molecule has 0 aliphatic carbocycles. The molecule has 0 aliphatic heterocycles. The lowest BCUT2D eigenvalue weighted by Gasteiger charge is -2.08. The Hall–Kier alpha value is -2.47. The van der Waals surface area contributed by atoms with Crippen molar-refractivity contribution in [2.75, 3.05) is 0 Å². The van der Waals surface area contributed by atoms with E-state index in [1.165, 1.54) is 22.4 Å². The molecule has 1 aromatic carbocycles. The van der Waals surface area contributed by atoms with E-state index in [9.17, 15) is 0 Å². The van der Waals surface area contributed by atoms with Crippen LogP contribution in [0, 0.1) is 0 Å². The highest BCUT2D eigenvalue weighted by Crippen LogP contribution is 2.17. The molecule has 6 nitrogen and oxygen atoms in total. The number of hydrogen-bond acceptors (Lipinski definition) is 4. The van der Waals surface area contributed by atoms with E-state index in [4.69, 9.17) is 0 Å². The monoisotopic (exact) mass is 324 g/mol. The lowest BCUT2D eigenvalue weighted by atomic mass is 10.1. The summed E-state index contributed by atoms with van der Waals surface area (Å²) in [4.78, 5) is 3.96. The molecule has 3 aromatic rings. The quantitative estimate of drug-likeness (QED) is 0.725. The SMILES string of the molecule is CC(C)c1nn(C)cc1CNCc1ccc(Cn2cncn2)cc1. The molecule has 2 aromatic heterocycles. The Bertz CT molecular complexity index is 755. The smallest absolute Gasteiger partial charge is 0.137 e. The number of aromatic nitrogens is 5. The average molecular weight is 324 g/mol. The first-order valence-electron chi connectivity index (χ1n) is 8.25. The maximum Gasteiger partial charge on any atom is 0.137 e. The number of nitrogens with zero attached hydrogens (tertiary/aromatic N) is 5. The van der Waals surface area contributed by atoms with Gasteiger partial charge in [-0.05, 0) is 17.0 Å². The van der Waals surface area contributed by atoms with Crippen molar-refractivity contribution in [2.24, 2.45) is 7.05 Å². The van der Waals surface area contributed by atoms with Gasteiger partial charge in [0.05, 0.1) is 12.2 Å². The van der Waals surface area contributed by atoms with Crippen LogP contribution >= 0.6 is 0 Å². The van der Waals surface area contributed by atoms with E-state index in [2.05, 4.69) is 64.8 Å². The molecule has 1 N–H and O–H groups in total. The normalized spacial score (nSPS) is 11.3. The molecule has 126 valence electrons. The van der Waals surface area contributed by atoms with E-state index < -0.39 is 0 Å². The van der Waals surface area contributed by atoms with Crippen molar-refractivity contribution in [1.82, 2.24) is 29.9 Å². The summed E-state index contributed by atoms with van der Waals surface area (Å²) in [6, 6.07) is 8.60. The third-order valence-electron chi connectivity index (χ3n) is 3.96. The van der Waals surface area contributed by atoms with Crippen LogP contribution in [-0.2, 0) is 26.7 Å². The number of benzene rings is 1. The molecule has 0 aliphatic rings. The third-order valence-corrected chi connectivity index (χ3v) is 3.96. The van der Waals surface area contributed by atoms with Crippen LogP contribution < -0.4 is 5.32 Å². The highest BCUT2D eigenvalue weighted by molar-refractivity contribution is 5.23. The van der Waals surface area contributed by atoms with Crippen molar-refractivity contribution in [3.05, 3.63) is 65.5 Å². The van der Waals surface area contributed by atoms with Crippen molar-refractivity contribution in [2.45, 2.75) is 39.4 Å². The average Bonchev–Trinajstić information content (AvgIpc) is 3.19. The fourth-order valence-corrected chi connectivity index (χ4v) is 2.78. The summed E-state index contributed by atoms with van der Waals surface area (Å²) in [6.07, 6.45) is 5.39. The van der Waals surface area contributed by atoms with Crippen LogP contribution in [0.5, 0.6) is 0 Å². The van der Waals surface area contributed by atoms with Crippen LogP contribution in [0.4, 0.5) is 0 Å². The Morgan fingerprint density at radius 2 is 1.83 bits per heavy atom. The number of aryl methyl sites for hydroxylation is 1. The Labute approximate surface area is 142 Å². The van der Waals surface area contributed by atoms with Crippen LogP contribution in [0.3, 0.4) is 0 Å². The topological polar surface area (TPSA) is 60.6 Å².